The van der Waals surface area contributed by atoms with Crippen molar-refractivity contribution in [3.63, 3.8) is 0 Å². The third-order valence-electron chi connectivity index (χ3n) is 1.46. The predicted octanol–water partition coefficient (Wildman–Crippen LogP) is -0.550. The lowest BCUT2D eigenvalue weighted by Gasteiger charge is -2.23. The number of nitrogens with zero attached hydrogens (tertiary/aromatic N) is 1. The predicted molar refractivity (Wildman–Crippen MR) is 52.7 cm³/mol. The first-order chi connectivity index (χ1) is 6.31. The molecule has 0 aliphatic heterocycles. The number of carboxylic acids is 1. The van der Waals surface area contributed by atoms with Crippen molar-refractivity contribution < 1.29 is 19.2 Å². The van der Waals surface area contributed by atoms with E-state index >= 15 is 0 Å². The summed E-state index contributed by atoms with van der Waals surface area (Å²) in [4.78, 5) is 21.0. The number of likely N-dealkylation sites (N-methyl/N-ethyl adjacent to an activating group) is 1. The Kier molecular flexibility index (Phi) is 4.86. The van der Waals surface area contributed by atoms with Gasteiger partial charge in [-0.1, -0.05) is 0 Å². The van der Waals surface area contributed by atoms with Crippen LogP contribution in [0.15, 0.2) is 12.2 Å². The third kappa shape index (κ3) is 8.73. The molecule has 2 N–H and O–H groups in total. The summed E-state index contributed by atoms with van der Waals surface area (Å²) in [5.74, 6) is -1.49. The number of nitrogens with one attached hydrogen (secondary N) is 1. The van der Waals surface area contributed by atoms with E-state index in [1.807, 2.05) is 21.1 Å². The van der Waals surface area contributed by atoms with Crippen LogP contribution >= 0.6 is 0 Å². The molecule has 0 aromatic heterocycles. The third-order valence-corrected chi connectivity index (χ3v) is 1.46. The van der Waals surface area contributed by atoms with Crippen molar-refractivity contribution in [1.82, 2.24) is 5.32 Å². The molecular formula is C9H17N2O3+. The number of rotatable bonds is 5. The minimum Gasteiger partial charge on any atom is -0.478 e. The summed E-state index contributed by atoms with van der Waals surface area (Å²) < 4.78 is 0.753. The zero-order chi connectivity index (χ0) is 11.2. The number of hydrogen-bond donors (Lipinski definition) is 2. The molecule has 14 heavy (non-hydrogen) atoms. The van der Waals surface area contributed by atoms with Gasteiger partial charge in [0, 0.05) is 12.2 Å². The highest BCUT2D eigenvalue weighted by Crippen LogP contribution is 1.86. The van der Waals surface area contributed by atoms with Gasteiger partial charge in [-0.2, -0.15) is 0 Å². The molecule has 0 saturated heterocycles. The quantitative estimate of drug-likeness (QED) is 0.463. The average molecular weight is 201 g/mol. The Morgan fingerprint density at radius 2 is 1.86 bits per heavy atom. The topological polar surface area (TPSA) is 66.4 Å². The molecule has 5 nitrogen and oxygen atoms in total. The number of hydrogen-bond acceptors (Lipinski definition) is 2. The second-order valence-electron chi connectivity index (χ2n) is 3.98. The molecule has 0 fully saturated rings. The number of carbonyl (C=O) groups is 2. The molecule has 0 aromatic rings. The van der Waals surface area contributed by atoms with Crippen molar-refractivity contribution in [2.45, 2.75) is 0 Å². The lowest BCUT2D eigenvalue weighted by atomic mass is 10.4. The number of aliphatic carboxylic acids is 1. The van der Waals surface area contributed by atoms with Gasteiger partial charge >= 0.3 is 5.97 Å². The number of amides is 1. The second kappa shape index (κ2) is 5.39. The van der Waals surface area contributed by atoms with Gasteiger partial charge in [-0.05, 0) is 0 Å². The second-order valence-corrected chi connectivity index (χ2v) is 3.98. The van der Waals surface area contributed by atoms with Crippen LogP contribution in [0.5, 0.6) is 0 Å². The van der Waals surface area contributed by atoms with Crippen LogP contribution < -0.4 is 5.32 Å². The Morgan fingerprint density at radius 1 is 1.29 bits per heavy atom. The Hall–Kier alpha value is -1.36. The van der Waals surface area contributed by atoms with Crippen molar-refractivity contribution in [3.8, 4) is 0 Å². The summed E-state index contributed by atoms with van der Waals surface area (Å²) in [7, 11) is 6.04. The Labute approximate surface area is 83.6 Å². The summed E-state index contributed by atoms with van der Waals surface area (Å²) >= 11 is 0. The minimum absolute atomic E-state index is 0.374. The molecule has 80 valence electrons. The van der Waals surface area contributed by atoms with Crippen molar-refractivity contribution in [1.29, 1.82) is 0 Å². The molecule has 5 heteroatoms. The molecular weight excluding hydrogens is 184 g/mol. The van der Waals surface area contributed by atoms with Gasteiger partial charge in [-0.3, -0.25) is 4.79 Å². The largest absolute Gasteiger partial charge is 0.478 e. The van der Waals surface area contributed by atoms with E-state index in [4.69, 9.17) is 5.11 Å². The lowest BCUT2D eigenvalue weighted by molar-refractivity contribution is -0.869. The number of quaternary nitrogens is 1. The molecule has 0 aromatic carbocycles. The fraction of sp³-hybridized carbons (Fsp3) is 0.556. The smallest absolute Gasteiger partial charge is 0.328 e. The van der Waals surface area contributed by atoms with E-state index in [2.05, 4.69) is 5.32 Å². The maximum absolute atomic E-state index is 11.0. The van der Waals surface area contributed by atoms with E-state index in [1.54, 1.807) is 0 Å². The van der Waals surface area contributed by atoms with Crippen molar-refractivity contribution >= 4 is 11.9 Å². The molecule has 0 bridgehead atoms. The summed E-state index contributed by atoms with van der Waals surface area (Å²) in [6.07, 6.45) is 1.83. The van der Waals surface area contributed by atoms with Crippen LogP contribution in [0.1, 0.15) is 0 Å². The van der Waals surface area contributed by atoms with Crippen molar-refractivity contribution in [2.24, 2.45) is 0 Å². The molecule has 0 atom stereocenters. The fourth-order valence-corrected chi connectivity index (χ4v) is 0.720. The summed E-state index contributed by atoms with van der Waals surface area (Å²) in [6, 6.07) is 0. The molecule has 0 heterocycles. The lowest BCUT2D eigenvalue weighted by Crippen LogP contribution is -2.41. The Balaban J connectivity index is 3.71. The molecule has 0 aliphatic carbocycles. The van der Waals surface area contributed by atoms with Gasteiger partial charge in [0.25, 0.3) is 0 Å². The van der Waals surface area contributed by atoms with E-state index in [0.717, 1.165) is 23.2 Å². The SMILES string of the molecule is C[N+](C)(C)CCNC(=O)C=CC(=O)O. The van der Waals surface area contributed by atoms with Crippen molar-refractivity contribution in [2.75, 3.05) is 34.2 Å². The van der Waals surface area contributed by atoms with Gasteiger partial charge in [0.05, 0.1) is 34.2 Å². The first kappa shape index (κ1) is 12.6. The number of carbonyl (C=O) groups excluding carboxylic acids is 1. The summed E-state index contributed by atoms with van der Waals surface area (Å²) in [5, 5.41) is 10.8. The maximum Gasteiger partial charge on any atom is 0.328 e. The van der Waals surface area contributed by atoms with E-state index in [-0.39, 0.29) is 5.91 Å². The molecule has 0 radical (unpaired) electrons. The first-order valence-corrected chi connectivity index (χ1v) is 4.30. The van der Waals surface area contributed by atoms with Gasteiger partial charge in [0.1, 0.15) is 0 Å². The summed E-state index contributed by atoms with van der Waals surface area (Å²) in [6.45, 7) is 1.33. The van der Waals surface area contributed by atoms with Gasteiger partial charge < -0.3 is 14.9 Å². The van der Waals surface area contributed by atoms with Crippen molar-refractivity contribution in [3.05, 3.63) is 12.2 Å². The monoisotopic (exact) mass is 201 g/mol. The zero-order valence-electron chi connectivity index (χ0n) is 8.78. The van der Waals surface area contributed by atoms with Crippen LogP contribution in [-0.2, 0) is 9.59 Å². The summed E-state index contributed by atoms with van der Waals surface area (Å²) in [5.41, 5.74) is 0. The minimum atomic E-state index is -1.12. The van der Waals surface area contributed by atoms with E-state index < -0.39 is 5.97 Å². The standard InChI is InChI=1S/C9H16N2O3/c1-11(2,3)7-6-10-8(12)4-5-9(13)14/h4-5H,6-7H2,1-3H3,(H-,10,12,13,14)/p+1. The molecule has 0 spiro atoms. The van der Waals surface area contributed by atoms with E-state index in [9.17, 15) is 9.59 Å². The van der Waals surface area contributed by atoms with Crippen LogP contribution in [0.25, 0.3) is 0 Å². The average Bonchev–Trinajstić information content (AvgIpc) is 1.98. The van der Waals surface area contributed by atoms with Gasteiger partial charge in [0.2, 0.25) is 5.91 Å². The molecule has 1 amide bonds. The van der Waals surface area contributed by atoms with Crippen LogP contribution in [-0.4, -0.2) is 55.7 Å². The van der Waals surface area contributed by atoms with Crippen LogP contribution in [0.4, 0.5) is 0 Å². The molecule has 0 rings (SSSR count). The van der Waals surface area contributed by atoms with E-state index in [1.165, 1.54) is 0 Å². The Morgan fingerprint density at radius 3 is 2.29 bits per heavy atom. The zero-order valence-corrected chi connectivity index (χ0v) is 8.78. The number of carboxylic acid groups (broad SMARTS) is 1. The van der Waals surface area contributed by atoms with Crippen LogP contribution in [0, 0.1) is 0 Å². The molecule has 0 aliphatic rings. The van der Waals surface area contributed by atoms with Crippen LogP contribution in [0.2, 0.25) is 0 Å². The van der Waals surface area contributed by atoms with Gasteiger partial charge in [-0.15, -0.1) is 0 Å². The maximum atomic E-state index is 11.0. The first-order valence-electron chi connectivity index (χ1n) is 4.30. The highest BCUT2D eigenvalue weighted by Gasteiger charge is 2.06. The fourth-order valence-electron chi connectivity index (χ4n) is 0.720. The molecule has 0 saturated carbocycles. The van der Waals surface area contributed by atoms with Gasteiger partial charge in [0.15, 0.2) is 0 Å². The van der Waals surface area contributed by atoms with Crippen LogP contribution in [0.3, 0.4) is 0 Å². The highest BCUT2D eigenvalue weighted by atomic mass is 16.4. The normalized spacial score (nSPS) is 11.6. The van der Waals surface area contributed by atoms with E-state index in [0.29, 0.717) is 6.54 Å². The Bertz CT molecular complexity index is 241. The highest BCUT2D eigenvalue weighted by molar-refractivity contribution is 5.93. The molecule has 0 unspecified atom stereocenters. The van der Waals surface area contributed by atoms with Gasteiger partial charge in [-0.25, -0.2) is 4.79 Å².